The summed E-state index contributed by atoms with van der Waals surface area (Å²) in [5.41, 5.74) is 2.70. The molecule has 1 atom stereocenters. The largest absolute Gasteiger partial charge is 0.369 e. The molecule has 1 fully saturated rings. The zero-order chi connectivity index (χ0) is 22.2. The van der Waals surface area contributed by atoms with Gasteiger partial charge in [0.2, 0.25) is 0 Å². The van der Waals surface area contributed by atoms with Gasteiger partial charge in [-0.05, 0) is 48.9 Å². The number of nitro benzene ring substituents is 1. The summed E-state index contributed by atoms with van der Waals surface area (Å²) in [6, 6.07) is 18.3. The number of nitro groups is 1. The normalized spacial score (nSPS) is 19.5. The minimum Gasteiger partial charge on any atom is -0.369 e. The number of benzene rings is 3. The second-order valence-corrected chi connectivity index (χ2v) is 8.59. The van der Waals surface area contributed by atoms with Crippen LogP contribution >= 0.6 is 0 Å². The third-order valence-electron chi connectivity index (χ3n) is 6.82. The molecule has 2 heterocycles. The Morgan fingerprint density at radius 2 is 1.66 bits per heavy atom. The third kappa shape index (κ3) is 3.63. The van der Waals surface area contributed by atoms with E-state index in [0.29, 0.717) is 24.6 Å². The number of aliphatic hydroxyl groups is 1. The standard InChI is InChI=1S/C25H25N3O4/c29-24-21-5-1-3-19-4-2-6-22(23(19)21)25(30)27(24)16-15-26-13-11-18(12-14-26)17-7-9-20(10-8-17)28(31)32/h1-10,18,24,29H,11-16H2. The van der Waals surface area contributed by atoms with Crippen LogP contribution in [0.2, 0.25) is 0 Å². The van der Waals surface area contributed by atoms with Gasteiger partial charge in [-0.25, -0.2) is 0 Å². The highest BCUT2D eigenvalue weighted by molar-refractivity contribution is 6.10. The van der Waals surface area contributed by atoms with E-state index in [4.69, 9.17) is 0 Å². The summed E-state index contributed by atoms with van der Waals surface area (Å²) in [5, 5.41) is 23.6. The molecule has 32 heavy (non-hydrogen) atoms. The van der Waals surface area contributed by atoms with Gasteiger partial charge in [-0.1, -0.05) is 42.5 Å². The first-order chi connectivity index (χ1) is 15.5. The Morgan fingerprint density at radius 1 is 0.969 bits per heavy atom. The second-order valence-electron chi connectivity index (χ2n) is 8.59. The number of carbonyl (C=O) groups excluding carboxylic acids is 1. The molecule has 0 spiro atoms. The summed E-state index contributed by atoms with van der Waals surface area (Å²) in [6.45, 7) is 2.96. The van der Waals surface area contributed by atoms with E-state index >= 15 is 0 Å². The lowest BCUT2D eigenvalue weighted by atomic mass is 9.89. The highest BCUT2D eigenvalue weighted by Gasteiger charge is 2.33. The molecule has 1 amide bonds. The smallest absolute Gasteiger partial charge is 0.269 e. The third-order valence-corrected chi connectivity index (χ3v) is 6.82. The van der Waals surface area contributed by atoms with Gasteiger partial charge in [0.1, 0.15) is 0 Å². The Balaban J connectivity index is 1.22. The number of nitrogens with zero attached hydrogens (tertiary/aromatic N) is 3. The molecule has 3 aromatic carbocycles. The molecule has 3 aromatic rings. The van der Waals surface area contributed by atoms with Crippen LogP contribution in [0.4, 0.5) is 5.69 Å². The molecule has 1 unspecified atom stereocenters. The topological polar surface area (TPSA) is 86.9 Å². The van der Waals surface area contributed by atoms with Gasteiger partial charge in [0, 0.05) is 41.7 Å². The van der Waals surface area contributed by atoms with E-state index < -0.39 is 6.23 Å². The molecule has 0 radical (unpaired) electrons. The molecule has 1 saturated heterocycles. The molecule has 0 bridgehead atoms. The van der Waals surface area contributed by atoms with Crippen molar-refractivity contribution in [2.45, 2.75) is 25.0 Å². The number of likely N-dealkylation sites (tertiary alicyclic amines) is 1. The Labute approximate surface area is 186 Å². The van der Waals surface area contributed by atoms with E-state index in [1.165, 1.54) is 0 Å². The maximum absolute atomic E-state index is 13.1. The zero-order valence-electron chi connectivity index (χ0n) is 17.7. The van der Waals surface area contributed by atoms with Crippen LogP contribution in [0.5, 0.6) is 0 Å². The zero-order valence-corrected chi connectivity index (χ0v) is 17.7. The van der Waals surface area contributed by atoms with Gasteiger partial charge in [0.05, 0.1) is 4.92 Å². The Bertz CT molecular complexity index is 1160. The van der Waals surface area contributed by atoms with Gasteiger partial charge in [0.25, 0.3) is 11.6 Å². The quantitative estimate of drug-likeness (QED) is 0.486. The van der Waals surface area contributed by atoms with E-state index in [9.17, 15) is 20.0 Å². The van der Waals surface area contributed by atoms with Crippen LogP contribution in [0.25, 0.3) is 10.8 Å². The van der Waals surface area contributed by atoms with Crippen LogP contribution in [-0.4, -0.2) is 51.9 Å². The van der Waals surface area contributed by atoms with Crippen molar-refractivity contribution < 1.29 is 14.8 Å². The number of aliphatic hydroxyl groups excluding tert-OH is 1. The molecule has 7 nitrogen and oxygen atoms in total. The molecule has 0 saturated carbocycles. The van der Waals surface area contributed by atoms with E-state index in [1.54, 1.807) is 17.0 Å². The molecule has 7 heteroatoms. The molecule has 0 aliphatic carbocycles. The van der Waals surface area contributed by atoms with Crippen molar-refractivity contribution in [3.63, 3.8) is 0 Å². The van der Waals surface area contributed by atoms with Gasteiger partial charge < -0.3 is 14.9 Å². The van der Waals surface area contributed by atoms with Gasteiger partial charge in [-0.2, -0.15) is 0 Å². The van der Waals surface area contributed by atoms with Gasteiger partial charge in [0.15, 0.2) is 6.23 Å². The minimum atomic E-state index is -0.932. The molecular weight excluding hydrogens is 406 g/mol. The van der Waals surface area contributed by atoms with Crippen LogP contribution in [0.1, 0.15) is 46.5 Å². The molecular formula is C25H25N3O4. The summed E-state index contributed by atoms with van der Waals surface area (Å²) < 4.78 is 0. The predicted octanol–water partition coefficient (Wildman–Crippen LogP) is 4.07. The molecule has 164 valence electrons. The molecule has 2 aliphatic heterocycles. The highest BCUT2D eigenvalue weighted by Crippen LogP contribution is 2.35. The molecule has 0 aromatic heterocycles. The molecule has 1 N–H and O–H groups in total. The number of amides is 1. The van der Waals surface area contributed by atoms with Gasteiger partial charge in [-0.15, -0.1) is 0 Å². The summed E-state index contributed by atoms with van der Waals surface area (Å²) in [5.74, 6) is 0.265. The van der Waals surface area contributed by atoms with Crippen molar-refractivity contribution in [3.8, 4) is 0 Å². The number of piperidine rings is 1. The number of rotatable bonds is 5. The van der Waals surface area contributed by atoms with Crippen molar-refractivity contribution in [1.29, 1.82) is 0 Å². The fourth-order valence-corrected chi connectivity index (χ4v) is 5.03. The highest BCUT2D eigenvalue weighted by atomic mass is 16.6. The first-order valence-corrected chi connectivity index (χ1v) is 11.0. The fourth-order valence-electron chi connectivity index (χ4n) is 5.03. The van der Waals surface area contributed by atoms with E-state index in [0.717, 1.165) is 47.8 Å². The maximum atomic E-state index is 13.1. The number of non-ortho nitro benzene ring substituents is 1. The Hall–Kier alpha value is -3.29. The SMILES string of the molecule is O=C1c2cccc3cccc(c23)C(O)N1CCN1CCC(c2ccc([N+](=O)[O-])cc2)CC1. The van der Waals surface area contributed by atoms with E-state index in [1.807, 2.05) is 48.5 Å². The predicted molar refractivity (Wildman–Crippen MR) is 121 cm³/mol. The number of carbonyl (C=O) groups is 1. The van der Waals surface area contributed by atoms with Crippen molar-refractivity contribution in [1.82, 2.24) is 9.80 Å². The van der Waals surface area contributed by atoms with E-state index in [2.05, 4.69) is 4.90 Å². The number of hydrogen-bond acceptors (Lipinski definition) is 5. The summed E-state index contributed by atoms with van der Waals surface area (Å²) in [7, 11) is 0. The van der Waals surface area contributed by atoms with Crippen molar-refractivity contribution in [3.05, 3.63) is 87.5 Å². The van der Waals surface area contributed by atoms with Crippen molar-refractivity contribution >= 4 is 22.4 Å². The summed E-state index contributed by atoms with van der Waals surface area (Å²) in [6.07, 6.45) is 1.01. The van der Waals surface area contributed by atoms with Crippen LogP contribution in [0.3, 0.4) is 0 Å². The molecule has 2 aliphatic rings. The lowest BCUT2D eigenvalue weighted by Crippen LogP contribution is -2.44. The van der Waals surface area contributed by atoms with Crippen LogP contribution in [-0.2, 0) is 0 Å². The van der Waals surface area contributed by atoms with Gasteiger partial charge in [-0.3, -0.25) is 14.9 Å². The lowest BCUT2D eigenvalue weighted by Gasteiger charge is -2.37. The van der Waals surface area contributed by atoms with Crippen LogP contribution in [0, 0.1) is 10.1 Å². The van der Waals surface area contributed by atoms with E-state index in [-0.39, 0.29) is 16.5 Å². The first-order valence-electron chi connectivity index (χ1n) is 11.0. The van der Waals surface area contributed by atoms with Crippen LogP contribution in [0.15, 0.2) is 60.7 Å². The van der Waals surface area contributed by atoms with Crippen molar-refractivity contribution in [2.24, 2.45) is 0 Å². The Kier molecular flexibility index (Phi) is 5.36. The second kappa shape index (κ2) is 8.33. The van der Waals surface area contributed by atoms with Crippen molar-refractivity contribution in [2.75, 3.05) is 26.2 Å². The molecule has 5 rings (SSSR count). The summed E-state index contributed by atoms with van der Waals surface area (Å²) in [4.78, 5) is 27.5. The lowest BCUT2D eigenvalue weighted by molar-refractivity contribution is -0.384. The average Bonchev–Trinajstić information content (AvgIpc) is 2.83. The first kappa shape index (κ1) is 20.6. The number of hydrogen-bond donors (Lipinski definition) is 1. The Morgan fingerprint density at radius 3 is 2.34 bits per heavy atom. The maximum Gasteiger partial charge on any atom is 0.269 e. The average molecular weight is 431 g/mol. The minimum absolute atomic E-state index is 0.119. The monoisotopic (exact) mass is 431 g/mol. The van der Waals surface area contributed by atoms with Gasteiger partial charge >= 0.3 is 0 Å². The fraction of sp³-hybridized carbons (Fsp3) is 0.320. The summed E-state index contributed by atoms with van der Waals surface area (Å²) >= 11 is 0. The van der Waals surface area contributed by atoms with Crippen LogP contribution < -0.4 is 0 Å².